The number of nitrogens with zero attached hydrogens (tertiary/aromatic N) is 2. The van der Waals surface area contributed by atoms with E-state index in [1.165, 1.54) is 0 Å². The van der Waals surface area contributed by atoms with Gasteiger partial charge in [0.2, 0.25) is 0 Å². The molecule has 0 aliphatic carbocycles. The lowest BCUT2D eigenvalue weighted by Crippen LogP contribution is -2.03. The second-order valence-corrected chi connectivity index (χ2v) is 3.50. The highest BCUT2D eigenvalue weighted by Gasteiger charge is 2.02. The van der Waals surface area contributed by atoms with Crippen molar-refractivity contribution in [2.24, 2.45) is 0 Å². The van der Waals surface area contributed by atoms with Crippen molar-refractivity contribution in [3.05, 3.63) is 37.2 Å². The van der Waals surface area contributed by atoms with Gasteiger partial charge in [-0.1, -0.05) is 6.08 Å². The number of nitrogens with two attached hydrogens (primary N) is 1. The van der Waals surface area contributed by atoms with Crippen LogP contribution in [0.15, 0.2) is 37.2 Å². The number of aromatic nitrogens is 2. The van der Waals surface area contributed by atoms with Crippen LogP contribution in [-0.2, 0) is 0 Å². The van der Waals surface area contributed by atoms with E-state index in [9.17, 15) is 0 Å². The first-order chi connectivity index (χ1) is 7.81. The van der Waals surface area contributed by atoms with E-state index in [0.717, 1.165) is 29.7 Å². The maximum atomic E-state index is 5.75. The van der Waals surface area contributed by atoms with Gasteiger partial charge in [0.1, 0.15) is 12.1 Å². The molecule has 0 saturated heterocycles. The van der Waals surface area contributed by atoms with Gasteiger partial charge in [-0.2, -0.15) is 0 Å². The van der Waals surface area contributed by atoms with Crippen molar-refractivity contribution in [1.29, 1.82) is 0 Å². The number of hydrogen-bond donors (Lipinski definition) is 2. The Labute approximate surface area is 94.2 Å². The van der Waals surface area contributed by atoms with Gasteiger partial charge in [-0.15, -0.1) is 6.58 Å². The summed E-state index contributed by atoms with van der Waals surface area (Å²) in [7, 11) is 0. The third-order valence-corrected chi connectivity index (χ3v) is 2.30. The molecular formula is C12H14N4. The van der Waals surface area contributed by atoms with E-state index in [4.69, 9.17) is 5.73 Å². The predicted molar refractivity (Wildman–Crippen MR) is 67.3 cm³/mol. The SMILES string of the molecule is C=CCCNc1ncnc2ccc(N)cc12. The number of nitrogen functional groups attached to an aromatic ring is 1. The van der Waals surface area contributed by atoms with Crippen LogP contribution in [0, 0.1) is 0 Å². The standard InChI is InChI=1S/C12H14N4/c1-2-3-6-14-12-10-7-9(13)4-5-11(10)15-8-16-12/h2,4-5,7-8H,1,3,6,13H2,(H,14,15,16). The lowest BCUT2D eigenvalue weighted by Gasteiger charge is -2.07. The third kappa shape index (κ3) is 2.11. The molecule has 2 rings (SSSR count). The molecule has 0 aliphatic rings. The fourth-order valence-electron chi connectivity index (χ4n) is 1.51. The van der Waals surface area contributed by atoms with Crippen LogP contribution in [0.4, 0.5) is 11.5 Å². The quantitative estimate of drug-likeness (QED) is 0.465. The third-order valence-electron chi connectivity index (χ3n) is 2.30. The largest absolute Gasteiger partial charge is 0.399 e. The van der Waals surface area contributed by atoms with Crippen molar-refractivity contribution in [1.82, 2.24) is 9.97 Å². The molecule has 1 aromatic heterocycles. The number of nitrogens with one attached hydrogen (secondary N) is 1. The zero-order valence-electron chi connectivity index (χ0n) is 8.98. The van der Waals surface area contributed by atoms with Gasteiger partial charge in [-0.3, -0.25) is 0 Å². The van der Waals surface area contributed by atoms with Gasteiger partial charge in [-0.25, -0.2) is 9.97 Å². The maximum absolute atomic E-state index is 5.75. The minimum atomic E-state index is 0.717. The molecule has 0 fully saturated rings. The maximum Gasteiger partial charge on any atom is 0.137 e. The van der Waals surface area contributed by atoms with Crippen LogP contribution in [0.1, 0.15) is 6.42 Å². The van der Waals surface area contributed by atoms with Gasteiger partial charge < -0.3 is 11.1 Å². The topological polar surface area (TPSA) is 63.8 Å². The van der Waals surface area contributed by atoms with E-state index in [-0.39, 0.29) is 0 Å². The Balaban J connectivity index is 2.36. The second-order valence-electron chi connectivity index (χ2n) is 3.50. The first-order valence-corrected chi connectivity index (χ1v) is 5.16. The van der Waals surface area contributed by atoms with Gasteiger partial charge in [0.05, 0.1) is 5.52 Å². The Kier molecular flexibility index (Phi) is 3.00. The fourth-order valence-corrected chi connectivity index (χ4v) is 1.51. The van der Waals surface area contributed by atoms with Crippen LogP contribution in [-0.4, -0.2) is 16.5 Å². The minimum absolute atomic E-state index is 0.717. The van der Waals surface area contributed by atoms with Crippen molar-refractivity contribution in [2.45, 2.75) is 6.42 Å². The molecule has 0 saturated carbocycles. The normalized spacial score (nSPS) is 10.2. The monoisotopic (exact) mass is 214 g/mol. The zero-order chi connectivity index (χ0) is 11.4. The summed E-state index contributed by atoms with van der Waals surface area (Å²) < 4.78 is 0. The Morgan fingerprint density at radius 2 is 2.25 bits per heavy atom. The highest BCUT2D eigenvalue weighted by atomic mass is 15.0. The van der Waals surface area contributed by atoms with E-state index in [0.29, 0.717) is 5.69 Å². The van der Waals surface area contributed by atoms with Crippen LogP contribution in [0.25, 0.3) is 10.9 Å². The molecule has 3 N–H and O–H groups in total. The molecule has 0 bridgehead atoms. The average molecular weight is 214 g/mol. The Bertz CT molecular complexity index is 507. The highest BCUT2D eigenvalue weighted by Crippen LogP contribution is 2.21. The summed E-state index contributed by atoms with van der Waals surface area (Å²) >= 11 is 0. The van der Waals surface area contributed by atoms with Gasteiger partial charge >= 0.3 is 0 Å². The number of rotatable bonds is 4. The Morgan fingerprint density at radius 3 is 3.06 bits per heavy atom. The van der Waals surface area contributed by atoms with E-state index in [1.54, 1.807) is 6.33 Å². The van der Waals surface area contributed by atoms with Crippen molar-refractivity contribution < 1.29 is 0 Å². The van der Waals surface area contributed by atoms with Crippen LogP contribution in [0.2, 0.25) is 0 Å². The first kappa shape index (κ1) is 10.4. The summed E-state index contributed by atoms with van der Waals surface area (Å²) in [5.74, 6) is 0.819. The van der Waals surface area contributed by atoms with Crippen LogP contribution >= 0.6 is 0 Å². The Morgan fingerprint density at radius 1 is 1.38 bits per heavy atom. The average Bonchev–Trinajstić information content (AvgIpc) is 2.30. The van der Waals surface area contributed by atoms with Crippen molar-refractivity contribution >= 4 is 22.4 Å². The summed E-state index contributed by atoms with van der Waals surface area (Å²) in [6.45, 7) is 4.49. The van der Waals surface area contributed by atoms with Crippen LogP contribution in [0.5, 0.6) is 0 Å². The van der Waals surface area contributed by atoms with E-state index < -0.39 is 0 Å². The molecule has 0 aliphatic heterocycles. The lowest BCUT2D eigenvalue weighted by atomic mass is 10.2. The van der Waals surface area contributed by atoms with Crippen LogP contribution < -0.4 is 11.1 Å². The zero-order valence-corrected chi connectivity index (χ0v) is 8.98. The molecule has 4 heteroatoms. The number of benzene rings is 1. The molecule has 0 radical (unpaired) electrons. The molecular weight excluding hydrogens is 200 g/mol. The number of fused-ring (bicyclic) bond motifs is 1. The summed E-state index contributed by atoms with van der Waals surface area (Å²) in [4.78, 5) is 8.39. The molecule has 0 amide bonds. The lowest BCUT2D eigenvalue weighted by molar-refractivity contribution is 1.05. The molecule has 0 spiro atoms. The van der Waals surface area contributed by atoms with Gasteiger partial charge in [0.15, 0.2) is 0 Å². The van der Waals surface area contributed by atoms with Crippen LogP contribution in [0.3, 0.4) is 0 Å². The number of hydrogen-bond acceptors (Lipinski definition) is 4. The molecule has 1 heterocycles. The van der Waals surface area contributed by atoms with Gasteiger partial charge in [0.25, 0.3) is 0 Å². The predicted octanol–water partition coefficient (Wildman–Crippen LogP) is 2.20. The summed E-state index contributed by atoms with van der Waals surface area (Å²) in [5, 5.41) is 4.19. The van der Waals surface area contributed by atoms with E-state index in [1.807, 2.05) is 24.3 Å². The minimum Gasteiger partial charge on any atom is -0.399 e. The molecule has 16 heavy (non-hydrogen) atoms. The molecule has 0 unspecified atom stereocenters. The van der Waals surface area contributed by atoms with Crippen molar-refractivity contribution in [3.63, 3.8) is 0 Å². The van der Waals surface area contributed by atoms with Crippen molar-refractivity contribution in [3.8, 4) is 0 Å². The molecule has 4 nitrogen and oxygen atoms in total. The summed E-state index contributed by atoms with van der Waals surface area (Å²) in [6.07, 6.45) is 4.31. The smallest absolute Gasteiger partial charge is 0.137 e. The molecule has 1 aromatic carbocycles. The van der Waals surface area contributed by atoms with E-state index in [2.05, 4.69) is 21.9 Å². The first-order valence-electron chi connectivity index (χ1n) is 5.16. The summed E-state index contributed by atoms with van der Waals surface area (Å²) in [5.41, 5.74) is 7.36. The molecule has 2 aromatic rings. The van der Waals surface area contributed by atoms with Gasteiger partial charge in [-0.05, 0) is 24.6 Å². The molecule has 82 valence electrons. The van der Waals surface area contributed by atoms with Crippen molar-refractivity contribution in [2.75, 3.05) is 17.6 Å². The van der Waals surface area contributed by atoms with E-state index >= 15 is 0 Å². The fraction of sp³-hybridized carbons (Fsp3) is 0.167. The number of anilines is 2. The second kappa shape index (κ2) is 4.61. The van der Waals surface area contributed by atoms with Gasteiger partial charge in [0, 0.05) is 17.6 Å². The highest BCUT2D eigenvalue weighted by molar-refractivity contribution is 5.91. The Hall–Kier alpha value is -2.10. The molecule has 0 atom stereocenters. The summed E-state index contributed by atoms with van der Waals surface area (Å²) in [6, 6.07) is 5.61.